The van der Waals surface area contributed by atoms with Gasteiger partial charge in [-0.05, 0) is 38.5 Å². The van der Waals surface area contributed by atoms with Gasteiger partial charge in [-0.25, -0.2) is 0 Å². The number of methoxy groups -OCH3 is 1. The highest BCUT2D eigenvalue weighted by Crippen LogP contribution is 2.20. The molecule has 1 unspecified atom stereocenters. The van der Waals surface area contributed by atoms with Crippen LogP contribution in [0.2, 0.25) is 0 Å². The molecular formula is C15H24N2O2. The SMILES string of the molecule is CNC(=O)C(C)(C)CNC(C)c1cccc(OC)c1. The summed E-state index contributed by atoms with van der Waals surface area (Å²) in [4.78, 5) is 11.7. The Bertz CT molecular complexity index is 430. The van der Waals surface area contributed by atoms with Gasteiger partial charge in [0.2, 0.25) is 5.91 Å². The Balaban J connectivity index is 2.64. The van der Waals surface area contributed by atoms with Gasteiger partial charge >= 0.3 is 0 Å². The zero-order valence-corrected chi connectivity index (χ0v) is 12.4. The standard InChI is InChI=1S/C15H24N2O2/c1-11(12-7-6-8-13(9-12)19-5)17-10-15(2,3)14(18)16-4/h6-9,11,17H,10H2,1-5H3,(H,16,18). The fourth-order valence-electron chi connectivity index (χ4n) is 1.86. The van der Waals surface area contributed by atoms with Gasteiger partial charge in [0.15, 0.2) is 0 Å². The predicted octanol–water partition coefficient (Wildman–Crippen LogP) is 2.12. The minimum Gasteiger partial charge on any atom is -0.497 e. The van der Waals surface area contributed by atoms with E-state index in [0.717, 1.165) is 11.3 Å². The summed E-state index contributed by atoms with van der Waals surface area (Å²) in [6.07, 6.45) is 0. The molecule has 0 heterocycles. The molecular weight excluding hydrogens is 240 g/mol. The summed E-state index contributed by atoms with van der Waals surface area (Å²) in [6.45, 7) is 6.55. The van der Waals surface area contributed by atoms with E-state index in [2.05, 4.69) is 17.6 Å². The number of rotatable bonds is 6. The Morgan fingerprint density at radius 3 is 2.68 bits per heavy atom. The summed E-state index contributed by atoms with van der Waals surface area (Å²) in [7, 11) is 3.32. The number of ether oxygens (including phenoxy) is 1. The Hall–Kier alpha value is -1.55. The first-order valence-electron chi connectivity index (χ1n) is 6.50. The number of nitrogens with one attached hydrogen (secondary N) is 2. The van der Waals surface area contributed by atoms with Crippen LogP contribution in [0.1, 0.15) is 32.4 Å². The summed E-state index contributed by atoms with van der Waals surface area (Å²) in [5, 5.41) is 6.08. The second-order valence-corrected chi connectivity index (χ2v) is 5.34. The van der Waals surface area contributed by atoms with E-state index in [1.165, 1.54) is 0 Å². The quantitative estimate of drug-likeness (QED) is 0.827. The van der Waals surface area contributed by atoms with Crippen LogP contribution in [0.15, 0.2) is 24.3 Å². The zero-order chi connectivity index (χ0) is 14.5. The van der Waals surface area contributed by atoms with Crippen molar-refractivity contribution in [3.8, 4) is 5.75 Å². The number of amides is 1. The van der Waals surface area contributed by atoms with Gasteiger partial charge in [-0.1, -0.05) is 12.1 Å². The molecule has 4 heteroatoms. The molecule has 2 N–H and O–H groups in total. The lowest BCUT2D eigenvalue weighted by Crippen LogP contribution is -2.42. The van der Waals surface area contributed by atoms with E-state index in [0.29, 0.717) is 6.54 Å². The second-order valence-electron chi connectivity index (χ2n) is 5.34. The first-order valence-corrected chi connectivity index (χ1v) is 6.50. The van der Waals surface area contributed by atoms with Crippen LogP contribution in [0.3, 0.4) is 0 Å². The third kappa shape index (κ3) is 4.24. The van der Waals surface area contributed by atoms with Crippen molar-refractivity contribution in [1.29, 1.82) is 0 Å². The molecule has 1 aromatic rings. The lowest BCUT2D eigenvalue weighted by Gasteiger charge is -2.25. The molecule has 0 aliphatic carbocycles. The minimum atomic E-state index is -0.429. The number of carbonyl (C=O) groups excluding carboxylic acids is 1. The predicted molar refractivity (Wildman–Crippen MR) is 77.3 cm³/mol. The molecule has 0 aromatic heterocycles. The van der Waals surface area contributed by atoms with Crippen LogP contribution in [0.5, 0.6) is 5.75 Å². The number of hydrogen-bond acceptors (Lipinski definition) is 3. The lowest BCUT2D eigenvalue weighted by molar-refractivity contribution is -0.128. The molecule has 1 aromatic carbocycles. The topological polar surface area (TPSA) is 50.4 Å². The van der Waals surface area contributed by atoms with Crippen LogP contribution in [-0.4, -0.2) is 26.6 Å². The van der Waals surface area contributed by atoms with Crippen molar-refractivity contribution in [1.82, 2.24) is 10.6 Å². The molecule has 0 saturated heterocycles. The van der Waals surface area contributed by atoms with Crippen molar-refractivity contribution in [2.24, 2.45) is 5.41 Å². The van der Waals surface area contributed by atoms with Crippen molar-refractivity contribution < 1.29 is 9.53 Å². The smallest absolute Gasteiger partial charge is 0.226 e. The van der Waals surface area contributed by atoms with Crippen LogP contribution in [0.4, 0.5) is 0 Å². The first kappa shape index (κ1) is 15.5. The Morgan fingerprint density at radius 1 is 1.42 bits per heavy atom. The molecule has 106 valence electrons. The van der Waals surface area contributed by atoms with Gasteiger partial charge in [-0.3, -0.25) is 4.79 Å². The Kier molecular flexibility index (Phi) is 5.36. The van der Waals surface area contributed by atoms with Crippen molar-refractivity contribution in [2.45, 2.75) is 26.8 Å². The van der Waals surface area contributed by atoms with E-state index in [-0.39, 0.29) is 11.9 Å². The summed E-state index contributed by atoms with van der Waals surface area (Å²) >= 11 is 0. The van der Waals surface area contributed by atoms with Crippen LogP contribution in [0.25, 0.3) is 0 Å². The maximum atomic E-state index is 11.7. The molecule has 1 atom stereocenters. The largest absolute Gasteiger partial charge is 0.497 e. The third-order valence-electron chi connectivity index (χ3n) is 3.29. The van der Waals surface area contributed by atoms with E-state index < -0.39 is 5.41 Å². The van der Waals surface area contributed by atoms with Gasteiger partial charge in [0, 0.05) is 19.6 Å². The fraction of sp³-hybridized carbons (Fsp3) is 0.533. The van der Waals surface area contributed by atoms with Crippen molar-refractivity contribution in [2.75, 3.05) is 20.7 Å². The van der Waals surface area contributed by atoms with Crippen LogP contribution < -0.4 is 15.4 Å². The van der Waals surface area contributed by atoms with E-state index in [4.69, 9.17) is 4.74 Å². The van der Waals surface area contributed by atoms with E-state index >= 15 is 0 Å². The fourth-order valence-corrected chi connectivity index (χ4v) is 1.86. The summed E-state index contributed by atoms with van der Waals surface area (Å²) < 4.78 is 5.21. The van der Waals surface area contributed by atoms with Crippen LogP contribution >= 0.6 is 0 Å². The number of hydrogen-bond donors (Lipinski definition) is 2. The van der Waals surface area contributed by atoms with Crippen LogP contribution in [0, 0.1) is 5.41 Å². The van der Waals surface area contributed by atoms with E-state index in [9.17, 15) is 4.79 Å². The molecule has 1 rings (SSSR count). The monoisotopic (exact) mass is 264 g/mol. The summed E-state index contributed by atoms with van der Waals surface area (Å²) in [5.74, 6) is 0.884. The zero-order valence-electron chi connectivity index (χ0n) is 12.4. The average molecular weight is 264 g/mol. The molecule has 0 aliphatic heterocycles. The third-order valence-corrected chi connectivity index (χ3v) is 3.29. The Labute approximate surface area is 115 Å². The van der Waals surface area contributed by atoms with Crippen molar-refractivity contribution >= 4 is 5.91 Å². The van der Waals surface area contributed by atoms with Gasteiger partial charge in [0.25, 0.3) is 0 Å². The van der Waals surface area contributed by atoms with Gasteiger partial charge in [0.1, 0.15) is 5.75 Å². The van der Waals surface area contributed by atoms with Gasteiger partial charge < -0.3 is 15.4 Å². The van der Waals surface area contributed by atoms with Gasteiger partial charge in [0.05, 0.1) is 12.5 Å². The molecule has 0 bridgehead atoms. The first-order chi connectivity index (χ1) is 8.90. The maximum absolute atomic E-state index is 11.7. The molecule has 19 heavy (non-hydrogen) atoms. The number of carbonyl (C=O) groups is 1. The molecule has 0 fully saturated rings. The van der Waals surface area contributed by atoms with Gasteiger partial charge in [-0.15, -0.1) is 0 Å². The molecule has 0 aliphatic rings. The average Bonchev–Trinajstić information content (AvgIpc) is 2.43. The van der Waals surface area contributed by atoms with Crippen molar-refractivity contribution in [3.05, 3.63) is 29.8 Å². The normalized spacial score (nSPS) is 12.9. The van der Waals surface area contributed by atoms with Crippen molar-refractivity contribution in [3.63, 3.8) is 0 Å². The summed E-state index contributed by atoms with van der Waals surface area (Å²) in [6, 6.07) is 8.11. The van der Waals surface area contributed by atoms with Gasteiger partial charge in [-0.2, -0.15) is 0 Å². The number of benzene rings is 1. The molecule has 0 spiro atoms. The summed E-state index contributed by atoms with van der Waals surface area (Å²) in [5.41, 5.74) is 0.717. The second kappa shape index (κ2) is 6.57. The van der Waals surface area contributed by atoms with E-state index in [1.807, 2.05) is 38.1 Å². The maximum Gasteiger partial charge on any atom is 0.226 e. The highest BCUT2D eigenvalue weighted by molar-refractivity contribution is 5.81. The Morgan fingerprint density at radius 2 is 2.11 bits per heavy atom. The highest BCUT2D eigenvalue weighted by atomic mass is 16.5. The van der Waals surface area contributed by atoms with E-state index in [1.54, 1.807) is 14.2 Å². The highest BCUT2D eigenvalue weighted by Gasteiger charge is 2.26. The molecule has 0 radical (unpaired) electrons. The molecule has 0 saturated carbocycles. The minimum absolute atomic E-state index is 0.0397. The molecule has 1 amide bonds. The lowest BCUT2D eigenvalue weighted by atomic mass is 9.91. The molecule has 4 nitrogen and oxygen atoms in total. The van der Waals surface area contributed by atoms with Crippen LogP contribution in [-0.2, 0) is 4.79 Å².